The molecule has 0 aliphatic rings. The number of Topliss-reactive ketones (excluding diaryl/α,β-unsaturated/α-hetero) is 4. The Morgan fingerprint density at radius 1 is 0.323 bits per heavy atom. The lowest BCUT2D eigenvalue weighted by atomic mass is 9.94. The number of hydrogen-bond acceptors (Lipinski definition) is 6. The van der Waals surface area contributed by atoms with E-state index in [1.165, 1.54) is 0 Å². The Morgan fingerprint density at radius 3 is 1.05 bits per heavy atom. The normalized spacial score (nSPS) is 10.3. The molecule has 6 nitrogen and oxygen atoms in total. The molecule has 0 N–H and O–H groups in total. The Morgan fingerprint density at radius 2 is 0.661 bits per heavy atom. The first-order valence-corrected chi connectivity index (χ1v) is 19.7. The zero-order chi connectivity index (χ0) is 42.7. The summed E-state index contributed by atoms with van der Waals surface area (Å²) in [4.78, 5) is 53.7. The smallest absolute Gasteiger partial charge is 0.237 e. The highest BCUT2D eigenvalue weighted by atomic mass is 16.5. The van der Waals surface area contributed by atoms with Crippen molar-refractivity contribution >= 4 is 23.1 Å². The van der Waals surface area contributed by atoms with E-state index in [1.807, 2.05) is 72.8 Å². The maximum Gasteiger partial charge on any atom is 0.237 e. The van der Waals surface area contributed by atoms with E-state index in [1.54, 1.807) is 133 Å². The van der Waals surface area contributed by atoms with Crippen molar-refractivity contribution in [3.05, 3.63) is 251 Å². The third kappa shape index (κ3) is 9.38. The molecule has 0 radical (unpaired) electrons. The van der Waals surface area contributed by atoms with Gasteiger partial charge in [-0.25, -0.2) is 0 Å². The SMILES string of the molecule is O=C(C(=O)c1ccccc1Oc1ccc(C#Cc2ccccc2)c(-c2cc(Oc3ccccc3C(=O)C(=O)c3ccccc3)ccc2C#Cc2ccccc2)c1)c1ccccc1. The highest BCUT2D eigenvalue weighted by molar-refractivity contribution is 6.50. The minimum atomic E-state index is -0.704. The molecule has 0 spiro atoms. The van der Waals surface area contributed by atoms with E-state index < -0.39 is 23.1 Å². The van der Waals surface area contributed by atoms with Gasteiger partial charge in [0.15, 0.2) is 0 Å². The van der Waals surface area contributed by atoms with Crippen LogP contribution in [0.5, 0.6) is 23.0 Å². The molecule has 62 heavy (non-hydrogen) atoms. The second-order valence-corrected chi connectivity index (χ2v) is 13.9. The van der Waals surface area contributed by atoms with Crippen LogP contribution >= 0.6 is 0 Å². The number of rotatable bonds is 11. The second-order valence-electron chi connectivity index (χ2n) is 13.9. The van der Waals surface area contributed by atoms with Gasteiger partial charge in [0.25, 0.3) is 0 Å². The monoisotopic (exact) mass is 802 g/mol. The van der Waals surface area contributed by atoms with Crippen LogP contribution in [0.15, 0.2) is 206 Å². The lowest BCUT2D eigenvalue weighted by molar-refractivity contribution is 0.0815. The van der Waals surface area contributed by atoms with Crippen molar-refractivity contribution in [1.29, 1.82) is 0 Å². The van der Waals surface area contributed by atoms with Crippen LogP contribution < -0.4 is 9.47 Å². The molecule has 0 bridgehead atoms. The summed E-state index contributed by atoms with van der Waals surface area (Å²) in [6, 6.07) is 59.9. The molecule has 8 rings (SSSR count). The Hall–Kier alpha value is -8.84. The van der Waals surface area contributed by atoms with Gasteiger partial charge in [-0.2, -0.15) is 0 Å². The molecule has 0 aromatic heterocycles. The zero-order valence-electron chi connectivity index (χ0n) is 33.1. The van der Waals surface area contributed by atoms with Crippen molar-refractivity contribution in [1.82, 2.24) is 0 Å². The number of ketones is 4. The fourth-order valence-electron chi connectivity index (χ4n) is 6.59. The Bertz CT molecular complexity index is 2870. The summed E-state index contributed by atoms with van der Waals surface area (Å²) in [6.07, 6.45) is 0. The van der Waals surface area contributed by atoms with Crippen LogP contribution in [0.1, 0.15) is 63.7 Å². The van der Waals surface area contributed by atoms with Crippen LogP contribution in [0.25, 0.3) is 11.1 Å². The maximum atomic E-state index is 13.6. The molecular weight excluding hydrogens is 769 g/mol. The molecule has 8 aromatic rings. The largest absolute Gasteiger partial charge is 0.457 e. The zero-order valence-corrected chi connectivity index (χ0v) is 33.1. The van der Waals surface area contributed by atoms with Gasteiger partial charge in [0, 0.05) is 44.5 Å². The summed E-state index contributed by atoms with van der Waals surface area (Å²) >= 11 is 0. The van der Waals surface area contributed by atoms with Crippen molar-refractivity contribution in [2.45, 2.75) is 0 Å². The minimum Gasteiger partial charge on any atom is -0.457 e. The third-order valence-electron chi connectivity index (χ3n) is 9.71. The van der Waals surface area contributed by atoms with Gasteiger partial charge in [-0.15, -0.1) is 0 Å². The topological polar surface area (TPSA) is 86.7 Å². The van der Waals surface area contributed by atoms with E-state index in [-0.39, 0.29) is 33.8 Å². The Kier molecular flexibility index (Phi) is 12.1. The molecule has 0 heterocycles. The van der Waals surface area contributed by atoms with Crippen molar-refractivity contribution in [3.8, 4) is 57.8 Å². The van der Waals surface area contributed by atoms with Gasteiger partial charge in [-0.1, -0.05) is 145 Å². The van der Waals surface area contributed by atoms with Crippen LogP contribution in [-0.4, -0.2) is 23.1 Å². The molecule has 0 saturated heterocycles. The van der Waals surface area contributed by atoms with E-state index in [0.29, 0.717) is 33.8 Å². The summed E-state index contributed by atoms with van der Waals surface area (Å²) in [5.74, 6) is 11.6. The molecule has 0 saturated carbocycles. The Labute approximate surface area is 359 Å². The molecule has 8 aromatic carbocycles. The quantitative estimate of drug-likeness (QED) is 0.0735. The highest BCUT2D eigenvalue weighted by Crippen LogP contribution is 2.37. The van der Waals surface area contributed by atoms with Crippen LogP contribution in [0.3, 0.4) is 0 Å². The van der Waals surface area contributed by atoms with Gasteiger partial charge in [0.05, 0.1) is 11.1 Å². The molecular formula is C56H34O6. The summed E-state index contributed by atoms with van der Waals surface area (Å²) in [6.45, 7) is 0. The summed E-state index contributed by atoms with van der Waals surface area (Å²) in [5.41, 5.74) is 4.90. The van der Waals surface area contributed by atoms with E-state index in [2.05, 4.69) is 23.7 Å². The van der Waals surface area contributed by atoms with Gasteiger partial charge in [-0.3, -0.25) is 19.2 Å². The van der Waals surface area contributed by atoms with Crippen molar-refractivity contribution in [2.24, 2.45) is 0 Å². The minimum absolute atomic E-state index is 0.111. The first-order valence-electron chi connectivity index (χ1n) is 19.7. The predicted molar refractivity (Wildman–Crippen MR) is 240 cm³/mol. The molecule has 6 heteroatoms. The molecule has 0 amide bonds. The average Bonchev–Trinajstić information content (AvgIpc) is 3.33. The Balaban J connectivity index is 1.23. The van der Waals surface area contributed by atoms with Gasteiger partial charge in [0.2, 0.25) is 23.1 Å². The first-order chi connectivity index (χ1) is 30.4. The van der Waals surface area contributed by atoms with Crippen LogP contribution in [-0.2, 0) is 0 Å². The fraction of sp³-hybridized carbons (Fsp3) is 0. The van der Waals surface area contributed by atoms with Crippen LogP contribution in [0.2, 0.25) is 0 Å². The summed E-state index contributed by atoms with van der Waals surface area (Å²) in [7, 11) is 0. The molecule has 294 valence electrons. The van der Waals surface area contributed by atoms with Crippen molar-refractivity contribution in [3.63, 3.8) is 0 Å². The van der Waals surface area contributed by atoms with Gasteiger partial charge in [0.1, 0.15) is 23.0 Å². The van der Waals surface area contributed by atoms with E-state index in [9.17, 15) is 19.2 Å². The molecule has 0 fully saturated rings. The lowest BCUT2D eigenvalue weighted by Gasteiger charge is -2.15. The average molecular weight is 803 g/mol. The number of carbonyl (C=O) groups excluding carboxylic acids is 4. The van der Waals surface area contributed by atoms with Gasteiger partial charge >= 0.3 is 0 Å². The van der Waals surface area contributed by atoms with Crippen molar-refractivity contribution < 1.29 is 28.7 Å². The standard InChI is InChI=1S/C56H34O6/c57-53(43-21-9-3-10-22-43)55(59)47-25-13-15-27-51(47)61-45-35-33-41(31-29-39-17-5-1-6-18-39)49(37-45)50-38-46(36-34-42(50)32-30-40-19-7-2-8-20-40)62-52-28-16-14-26-48(52)56(60)54(58)44-23-11-4-12-24-44/h1-28,33-38H. The number of ether oxygens (including phenoxy) is 2. The van der Waals surface area contributed by atoms with E-state index in [4.69, 9.17) is 9.47 Å². The van der Waals surface area contributed by atoms with Crippen LogP contribution in [0, 0.1) is 23.7 Å². The van der Waals surface area contributed by atoms with Gasteiger partial charge < -0.3 is 9.47 Å². The number of carbonyl (C=O) groups is 4. The molecule has 0 aliphatic carbocycles. The second kappa shape index (κ2) is 18.8. The summed E-state index contributed by atoms with van der Waals surface area (Å²) in [5, 5.41) is 0. The number of benzene rings is 8. The van der Waals surface area contributed by atoms with Crippen molar-refractivity contribution in [2.75, 3.05) is 0 Å². The lowest BCUT2D eigenvalue weighted by Crippen LogP contribution is -2.15. The van der Waals surface area contributed by atoms with E-state index in [0.717, 1.165) is 11.1 Å². The maximum absolute atomic E-state index is 13.6. The van der Waals surface area contributed by atoms with Gasteiger partial charge in [-0.05, 0) is 84.9 Å². The van der Waals surface area contributed by atoms with E-state index >= 15 is 0 Å². The fourth-order valence-corrected chi connectivity index (χ4v) is 6.59. The highest BCUT2D eigenvalue weighted by Gasteiger charge is 2.24. The third-order valence-corrected chi connectivity index (χ3v) is 9.71. The molecule has 0 unspecified atom stereocenters. The van der Waals surface area contributed by atoms with Crippen LogP contribution in [0.4, 0.5) is 0 Å². The number of hydrogen-bond donors (Lipinski definition) is 0. The predicted octanol–water partition coefficient (Wildman–Crippen LogP) is 11.9. The molecule has 0 aliphatic heterocycles. The summed E-state index contributed by atoms with van der Waals surface area (Å²) < 4.78 is 12.9. The molecule has 0 atom stereocenters. The first kappa shape index (κ1) is 40.0. The number of para-hydroxylation sites is 2.